The summed E-state index contributed by atoms with van der Waals surface area (Å²) >= 11 is 0. The van der Waals surface area contributed by atoms with E-state index in [2.05, 4.69) is 215 Å². The van der Waals surface area contributed by atoms with Crippen LogP contribution < -0.4 is 0 Å². The van der Waals surface area contributed by atoms with Gasteiger partial charge in [-0.2, -0.15) is 5.26 Å². The van der Waals surface area contributed by atoms with Gasteiger partial charge in [0.25, 0.3) is 0 Å². The Hall–Kier alpha value is -10.8. The van der Waals surface area contributed by atoms with Gasteiger partial charge >= 0.3 is 0 Å². The molecule has 80 heavy (non-hydrogen) atoms. The minimum atomic E-state index is 0.214. The lowest BCUT2D eigenvalue weighted by molar-refractivity contribution is 0.672. The van der Waals surface area contributed by atoms with Gasteiger partial charge in [-0.3, -0.25) is 0 Å². The Bertz CT molecular complexity index is 5280. The van der Waals surface area contributed by atoms with Crippen LogP contribution in [0.5, 0.6) is 0 Å². The average Bonchev–Trinajstić information content (AvgIpc) is 4.04. The third-order valence-corrected chi connectivity index (χ3v) is 17.0. The SMILES string of the molecule is [C-]#[N+]c1c(C#N)c(-n2c3ccccc3c3c4oc5ccccc5c4ccc32)c(-n2c3ccc(C)cc3c3cc(C)ccc32)c(-n2c3ccc(C)cc3c3cc(C)ccc32)c1-n1c2ccccc2c2c3oc4ccccc4c3ccc21. The molecule has 0 aliphatic carbocycles. The second-order valence-corrected chi connectivity index (χ2v) is 21.7. The number of aryl methyl sites for hydroxylation is 4. The molecular formula is C72H44N6O2. The van der Waals surface area contributed by atoms with E-state index >= 15 is 0 Å². The zero-order valence-corrected chi connectivity index (χ0v) is 44.0. The van der Waals surface area contributed by atoms with Crippen molar-refractivity contribution >= 4 is 137 Å². The van der Waals surface area contributed by atoms with Crippen LogP contribution in [0.3, 0.4) is 0 Å². The van der Waals surface area contributed by atoms with Crippen LogP contribution in [-0.2, 0) is 0 Å². The number of aromatic nitrogens is 4. The van der Waals surface area contributed by atoms with Gasteiger partial charge in [-0.25, -0.2) is 4.85 Å². The van der Waals surface area contributed by atoms with Crippen molar-refractivity contribution in [3.63, 3.8) is 0 Å². The van der Waals surface area contributed by atoms with Gasteiger partial charge < -0.3 is 27.1 Å². The molecule has 8 heteroatoms. The maximum Gasteiger partial charge on any atom is 0.232 e. The molecule has 0 saturated carbocycles. The summed E-state index contributed by atoms with van der Waals surface area (Å²) < 4.78 is 23.1. The minimum Gasteiger partial charge on any atom is -0.455 e. The molecule has 0 bridgehead atoms. The highest BCUT2D eigenvalue weighted by Gasteiger charge is 2.35. The standard InChI is InChI=1S/C72H44N6O2/c1-39-22-28-56-49(34-39)50-35-40(2)23-29-57(50)75(56)69-67(77-54-18-10-6-16-47(54)64-60(77)32-26-45-43-14-8-12-20-62(43)79-71(45)64)53(38-73)66(74-5)68(70(69)76-58-30-24-41(3)36-51(58)52-37-42(4)25-31-59(52)76)78-55-19-11-7-17-48(55)65-61(78)33-27-46-44-15-9-13-21-63(44)80-72(46)65/h6-37H,1-4H3. The lowest BCUT2D eigenvalue weighted by Crippen LogP contribution is -2.15. The first kappa shape index (κ1) is 44.3. The number of furan rings is 2. The van der Waals surface area contributed by atoms with Crippen molar-refractivity contribution in [3.8, 4) is 28.8 Å². The number of benzene rings is 11. The second kappa shape index (κ2) is 15.9. The Balaban J connectivity index is 1.19. The van der Waals surface area contributed by atoms with Gasteiger partial charge in [0, 0.05) is 53.9 Å². The molecule has 0 unspecified atom stereocenters. The fourth-order valence-corrected chi connectivity index (χ4v) is 13.7. The third-order valence-electron chi connectivity index (χ3n) is 17.0. The number of nitrogens with zero attached hydrogens (tertiary/aromatic N) is 6. The van der Waals surface area contributed by atoms with Crippen molar-refractivity contribution < 1.29 is 8.83 Å². The molecule has 0 aliphatic heterocycles. The zero-order chi connectivity index (χ0) is 53.4. The molecule has 11 aromatic carbocycles. The predicted octanol–water partition coefficient (Wildman–Crippen LogP) is 19.5. The van der Waals surface area contributed by atoms with Crippen LogP contribution in [0.25, 0.3) is 159 Å². The Kier molecular flexibility index (Phi) is 8.81. The normalized spacial score (nSPS) is 12.2. The van der Waals surface area contributed by atoms with Gasteiger partial charge in [0.05, 0.1) is 95.9 Å². The molecule has 0 fully saturated rings. The molecule has 374 valence electrons. The van der Waals surface area contributed by atoms with Gasteiger partial charge in [0.2, 0.25) is 5.69 Å². The molecule has 0 spiro atoms. The van der Waals surface area contributed by atoms with E-state index in [4.69, 9.17) is 8.83 Å². The Morgan fingerprint density at radius 1 is 0.350 bits per heavy atom. The lowest BCUT2D eigenvalue weighted by Gasteiger charge is -2.28. The second-order valence-electron chi connectivity index (χ2n) is 21.7. The molecule has 6 aromatic heterocycles. The smallest absolute Gasteiger partial charge is 0.232 e. The van der Waals surface area contributed by atoms with E-state index in [1.54, 1.807) is 0 Å². The molecule has 0 atom stereocenters. The van der Waals surface area contributed by atoms with Crippen LogP contribution in [0.4, 0.5) is 5.69 Å². The zero-order valence-electron chi connectivity index (χ0n) is 44.0. The van der Waals surface area contributed by atoms with Crippen LogP contribution in [-0.4, -0.2) is 18.3 Å². The van der Waals surface area contributed by atoms with E-state index in [1.165, 1.54) is 0 Å². The number of nitriles is 1. The monoisotopic (exact) mass is 1020 g/mol. The van der Waals surface area contributed by atoms with Crippen molar-refractivity contribution in [2.24, 2.45) is 0 Å². The molecule has 0 aliphatic rings. The minimum absolute atomic E-state index is 0.214. The lowest BCUT2D eigenvalue weighted by atomic mass is 10.0. The maximum absolute atomic E-state index is 12.5. The van der Waals surface area contributed by atoms with Crippen LogP contribution in [0.15, 0.2) is 203 Å². The summed E-state index contributed by atoms with van der Waals surface area (Å²) in [4.78, 5) is 4.68. The molecule has 0 amide bonds. The van der Waals surface area contributed by atoms with Crippen molar-refractivity contribution in [1.29, 1.82) is 5.26 Å². The quantitative estimate of drug-likeness (QED) is 0.165. The molecule has 0 N–H and O–H groups in total. The third kappa shape index (κ3) is 5.71. The van der Waals surface area contributed by atoms with Crippen LogP contribution in [0.2, 0.25) is 0 Å². The number of rotatable bonds is 4. The van der Waals surface area contributed by atoms with Crippen molar-refractivity contribution in [2.75, 3.05) is 0 Å². The van der Waals surface area contributed by atoms with Crippen molar-refractivity contribution in [3.05, 3.63) is 233 Å². The number of para-hydroxylation sites is 4. The highest BCUT2D eigenvalue weighted by atomic mass is 16.3. The van der Waals surface area contributed by atoms with E-state index < -0.39 is 0 Å². The first-order valence-electron chi connectivity index (χ1n) is 27.0. The Morgan fingerprint density at radius 2 is 0.688 bits per heavy atom. The maximum atomic E-state index is 12.5. The summed E-state index contributed by atoms with van der Waals surface area (Å²) in [5.74, 6) is 0. The molecule has 8 nitrogen and oxygen atoms in total. The molecule has 6 heterocycles. The average molecular weight is 1030 g/mol. The summed E-state index contributed by atoms with van der Waals surface area (Å²) in [6.45, 7) is 18.3. The number of hydrogen-bond donors (Lipinski definition) is 0. The van der Waals surface area contributed by atoms with E-state index in [1.807, 2.05) is 36.4 Å². The summed E-state index contributed by atoms with van der Waals surface area (Å²) in [6.07, 6.45) is 0. The molecular weight excluding hydrogens is 981 g/mol. The molecule has 17 rings (SSSR count). The Labute approximate surface area is 456 Å². The van der Waals surface area contributed by atoms with Crippen LogP contribution >= 0.6 is 0 Å². The van der Waals surface area contributed by atoms with Gasteiger partial charge in [0.15, 0.2) is 0 Å². The largest absolute Gasteiger partial charge is 0.455 e. The molecule has 0 radical (unpaired) electrons. The topological polar surface area (TPSA) is 74.2 Å². The highest BCUT2D eigenvalue weighted by molar-refractivity contribution is 6.26. The molecule has 17 aromatic rings. The van der Waals surface area contributed by atoms with E-state index in [0.29, 0.717) is 11.4 Å². The summed E-state index contributed by atoms with van der Waals surface area (Å²) in [5.41, 5.74) is 18.0. The highest BCUT2D eigenvalue weighted by Crippen LogP contribution is 2.53. The summed E-state index contributed by atoms with van der Waals surface area (Å²) in [7, 11) is 0. The first-order valence-corrected chi connectivity index (χ1v) is 27.0. The van der Waals surface area contributed by atoms with E-state index in [-0.39, 0.29) is 11.3 Å². The van der Waals surface area contributed by atoms with E-state index in [0.717, 1.165) is 165 Å². The van der Waals surface area contributed by atoms with Crippen LogP contribution in [0.1, 0.15) is 27.8 Å². The fraction of sp³-hybridized carbons (Fsp3) is 0.0556. The van der Waals surface area contributed by atoms with Crippen molar-refractivity contribution in [2.45, 2.75) is 27.7 Å². The van der Waals surface area contributed by atoms with Gasteiger partial charge in [-0.15, -0.1) is 0 Å². The van der Waals surface area contributed by atoms with E-state index in [9.17, 15) is 11.8 Å². The summed E-state index contributed by atoms with van der Waals surface area (Å²) in [6, 6.07) is 71.4. The fourth-order valence-electron chi connectivity index (χ4n) is 13.7. The number of hydrogen-bond acceptors (Lipinski definition) is 3. The van der Waals surface area contributed by atoms with Gasteiger partial charge in [0.1, 0.15) is 22.3 Å². The van der Waals surface area contributed by atoms with Crippen LogP contribution in [0, 0.1) is 45.6 Å². The van der Waals surface area contributed by atoms with Gasteiger partial charge in [-0.1, -0.05) is 119 Å². The molecule has 0 saturated heterocycles. The number of fused-ring (bicyclic) bond motifs is 20. The van der Waals surface area contributed by atoms with Gasteiger partial charge in [-0.05, 0) is 125 Å². The summed E-state index contributed by atoms with van der Waals surface area (Å²) in [5, 5.41) is 24.7. The first-order chi connectivity index (χ1) is 39.3. The predicted molar refractivity (Wildman–Crippen MR) is 328 cm³/mol. The van der Waals surface area contributed by atoms with Crippen molar-refractivity contribution in [1.82, 2.24) is 18.3 Å². The Morgan fingerprint density at radius 3 is 1.10 bits per heavy atom.